The van der Waals surface area contributed by atoms with Crippen molar-refractivity contribution in [2.45, 2.75) is 45.4 Å². The molecule has 0 bridgehead atoms. The Morgan fingerprint density at radius 3 is 2.16 bits per heavy atom. The van der Waals surface area contributed by atoms with Crippen molar-refractivity contribution in [2.75, 3.05) is 12.9 Å². The maximum absolute atomic E-state index is 10.9. The smallest absolute Gasteiger partial charge is 0.203 e. The molecule has 0 spiro atoms. The highest BCUT2D eigenvalue weighted by molar-refractivity contribution is 7.79. The molecule has 108 valence electrons. The van der Waals surface area contributed by atoms with Crippen LogP contribution in [0.3, 0.4) is 0 Å². The second-order valence-electron chi connectivity index (χ2n) is 4.57. The van der Waals surface area contributed by atoms with Gasteiger partial charge in [-0.15, -0.1) is 0 Å². The molecule has 0 aliphatic heterocycles. The monoisotopic (exact) mass is 284 g/mol. The summed E-state index contributed by atoms with van der Waals surface area (Å²) < 4.78 is 21.6. The van der Waals surface area contributed by atoms with Crippen LogP contribution in [0.25, 0.3) is 0 Å². The maximum Gasteiger partial charge on any atom is 0.203 e. The molecule has 1 unspecified atom stereocenters. The molecule has 1 aromatic rings. The van der Waals surface area contributed by atoms with Gasteiger partial charge in [0.1, 0.15) is 11.5 Å². The van der Waals surface area contributed by atoms with Gasteiger partial charge >= 0.3 is 0 Å². The first-order chi connectivity index (χ1) is 9.22. The third-order valence-electron chi connectivity index (χ3n) is 2.80. The normalized spacial score (nSPS) is 12.1. The zero-order chi connectivity index (χ0) is 13.9. The first-order valence-corrected chi connectivity index (χ1v) is 8.45. The molecule has 0 saturated heterocycles. The number of hydrogen-bond acceptors (Lipinski definition) is 3. The first kappa shape index (κ1) is 16.0. The Hall–Kier alpha value is -1.03. The Labute approximate surface area is 119 Å². The quantitative estimate of drug-likeness (QED) is 0.607. The minimum absolute atomic E-state index is 0.604. The first-order valence-electron chi connectivity index (χ1n) is 6.97. The van der Waals surface area contributed by atoms with E-state index >= 15 is 0 Å². The highest BCUT2D eigenvalue weighted by Gasteiger charge is 1.98. The van der Waals surface area contributed by atoms with Gasteiger partial charge in [0.05, 0.1) is 6.61 Å². The fourth-order valence-electron chi connectivity index (χ4n) is 1.80. The zero-order valence-electron chi connectivity index (χ0n) is 11.9. The third kappa shape index (κ3) is 7.88. The number of ether oxygens (including phenoxy) is 1. The molecule has 0 aliphatic rings. The molecule has 1 aromatic carbocycles. The minimum atomic E-state index is -1.28. The second-order valence-corrected chi connectivity index (χ2v) is 5.54. The largest absolute Gasteiger partial charge is 0.494 e. The molecule has 0 aliphatic carbocycles. The molecule has 1 atom stereocenters. The molecular weight excluding hydrogens is 260 g/mol. The van der Waals surface area contributed by atoms with Crippen molar-refractivity contribution in [3.8, 4) is 11.5 Å². The summed E-state index contributed by atoms with van der Waals surface area (Å²) in [6.45, 7) is 2.98. The van der Waals surface area contributed by atoms with E-state index in [4.69, 9.17) is 8.92 Å². The van der Waals surface area contributed by atoms with E-state index < -0.39 is 11.1 Å². The predicted octanol–water partition coefficient (Wildman–Crippen LogP) is 4.10. The lowest BCUT2D eigenvalue weighted by atomic mass is 10.1. The molecule has 0 amide bonds. The van der Waals surface area contributed by atoms with Crippen LogP contribution in [0.15, 0.2) is 24.3 Å². The minimum Gasteiger partial charge on any atom is -0.494 e. The van der Waals surface area contributed by atoms with Gasteiger partial charge in [-0.1, -0.05) is 39.0 Å². The van der Waals surface area contributed by atoms with Gasteiger partial charge in [-0.2, -0.15) is 0 Å². The molecule has 0 radical (unpaired) electrons. The third-order valence-corrected chi connectivity index (χ3v) is 3.23. The second kappa shape index (κ2) is 9.84. The van der Waals surface area contributed by atoms with Crippen LogP contribution in [0, 0.1) is 0 Å². The van der Waals surface area contributed by atoms with Gasteiger partial charge in [-0.3, -0.25) is 0 Å². The molecule has 1 rings (SSSR count). The van der Waals surface area contributed by atoms with E-state index in [1.807, 2.05) is 12.1 Å². The van der Waals surface area contributed by atoms with Crippen LogP contribution in [-0.2, 0) is 11.1 Å². The summed E-state index contributed by atoms with van der Waals surface area (Å²) in [5.41, 5.74) is 0. The fourth-order valence-corrected chi connectivity index (χ4v) is 2.18. The van der Waals surface area contributed by atoms with Crippen molar-refractivity contribution in [2.24, 2.45) is 0 Å². The van der Waals surface area contributed by atoms with Gasteiger partial charge in [-0.25, -0.2) is 4.21 Å². The van der Waals surface area contributed by atoms with E-state index in [-0.39, 0.29) is 0 Å². The van der Waals surface area contributed by atoms with Crippen LogP contribution in [0.2, 0.25) is 0 Å². The van der Waals surface area contributed by atoms with Crippen molar-refractivity contribution in [1.29, 1.82) is 0 Å². The van der Waals surface area contributed by atoms with Crippen LogP contribution in [0.1, 0.15) is 45.4 Å². The molecule has 3 nitrogen and oxygen atoms in total. The van der Waals surface area contributed by atoms with Gasteiger partial charge < -0.3 is 8.92 Å². The van der Waals surface area contributed by atoms with E-state index in [9.17, 15) is 4.21 Å². The van der Waals surface area contributed by atoms with E-state index in [1.54, 1.807) is 12.1 Å². The summed E-state index contributed by atoms with van der Waals surface area (Å²) in [5.74, 6) is 1.44. The van der Waals surface area contributed by atoms with Gasteiger partial charge in [0.15, 0.2) is 0 Å². The van der Waals surface area contributed by atoms with Crippen molar-refractivity contribution < 1.29 is 13.1 Å². The van der Waals surface area contributed by atoms with E-state index in [0.717, 1.165) is 18.8 Å². The molecule has 0 N–H and O–H groups in total. The molecular formula is C15H24O3S. The van der Waals surface area contributed by atoms with Crippen molar-refractivity contribution >= 4 is 11.1 Å². The molecule has 0 fully saturated rings. The summed E-state index contributed by atoms with van der Waals surface area (Å²) in [7, 11) is 0. The Bertz CT molecular complexity index is 362. The van der Waals surface area contributed by atoms with E-state index in [1.165, 1.54) is 38.4 Å². The average molecular weight is 284 g/mol. The fraction of sp³-hybridized carbons (Fsp3) is 0.600. The number of hydrogen-bond donors (Lipinski definition) is 0. The van der Waals surface area contributed by atoms with Gasteiger partial charge in [0.2, 0.25) is 11.1 Å². The molecule has 19 heavy (non-hydrogen) atoms. The van der Waals surface area contributed by atoms with Crippen LogP contribution >= 0.6 is 0 Å². The Kier molecular flexibility index (Phi) is 8.30. The van der Waals surface area contributed by atoms with Crippen molar-refractivity contribution in [3.63, 3.8) is 0 Å². The highest BCUT2D eigenvalue weighted by Crippen LogP contribution is 2.18. The number of rotatable bonds is 10. The van der Waals surface area contributed by atoms with Gasteiger partial charge in [-0.05, 0) is 30.7 Å². The lowest BCUT2D eigenvalue weighted by Gasteiger charge is -2.07. The van der Waals surface area contributed by atoms with Crippen molar-refractivity contribution in [1.82, 2.24) is 0 Å². The Morgan fingerprint density at radius 1 is 0.947 bits per heavy atom. The summed E-state index contributed by atoms with van der Waals surface area (Å²) in [6.07, 6.45) is 9.08. The van der Waals surface area contributed by atoms with Crippen LogP contribution in [-0.4, -0.2) is 17.1 Å². The number of unbranched alkanes of at least 4 members (excludes halogenated alkanes) is 5. The molecule has 4 heteroatoms. The molecule has 0 saturated carbocycles. The lowest BCUT2D eigenvalue weighted by molar-refractivity contribution is 0.304. The summed E-state index contributed by atoms with van der Waals surface area (Å²) in [6, 6.07) is 7.24. The van der Waals surface area contributed by atoms with Crippen molar-refractivity contribution in [3.05, 3.63) is 24.3 Å². The van der Waals surface area contributed by atoms with Crippen LogP contribution < -0.4 is 8.92 Å². The summed E-state index contributed by atoms with van der Waals surface area (Å²) >= 11 is -1.28. The average Bonchev–Trinajstić information content (AvgIpc) is 2.39. The van der Waals surface area contributed by atoms with Crippen LogP contribution in [0.5, 0.6) is 11.5 Å². The zero-order valence-corrected chi connectivity index (χ0v) is 12.7. The topological polar surface area (TPSA) is 35.5 Å². The Morgan fingerprint density at radius 2 is 1.53 bits per heavy atom. The molecule has 0 heterocycles. The standard InChI is InChI=1S/C15H24O3S/c1-3-4-5-6-7-8-13-17-14-9-11-15(12-10-14)18-19(2)16/h9-12H,3-8,13H2,1-2H3. The van der Waals surface area contributed by atoms with E-state index in [0.29, 0.717) is 5.75 Å². The maximum atomic E-state index is 10.9. The van der Waals surface area contributed by atoms with Crippen LogP contribution in [0.4, 0.5) is 0 Å². The highest BCUT2D eigenvalue weighted by atomic mass is 32.2. The lowest BCUT2D eigenvalue weighted by Crippen LogP contribution is -1.98. The number of benzene rings is 1. The summed E-state index contributed by atoms with van der Waals surface area (Å²) in [4.78, 5) is 0. The Balaban J connectivity index is 2.14. The van der Waals surface area contributed by atoms with Gasteiger partial charge in [0, 0.05) is 6.26 Å². The van der Waals surface area contributed by atoms with E-state index in [2.05, 4.69) is 6.92 Å². The SMILES string of the molecule is CCCCCCCCOc1ccc(OS(C)=O)cc1. The van der Waals surface area contributed by atoms with Gasteiger partial charge in [0.25, 0.3) is 0 Å². The molecule has 0 aromatic heterocycles. The summed E-state index contributed by atoms with van der Waals surface area (Å²) in [5, 5.41) is 0. The predicted molar refractivity (Wildman–Crippen MR) is 80.0 cm³/mol.